The van der Waals surface area contributed by atoms with Crippen LogP contribution in [0.25, 0.3) is 0 Å². The zero-order chi connectivity index (χ0) is 14.0. The molecule has 0 aliphatic carbocycles. The SMILES string of the molecule is COc1c(Cl)cc(N)nc1OC1CCN(C(=O)O)C1. The molecule has 1 unspecified atom stereocenters. The van der Waals surface area contributed by atoms with E-state index >= 15 is 0 Å². The molecule has 2 rings (SSSR count). The van der Waals surface area contributed by atoms with Crippen molar-refractivity contribution in [3.05, 3.63) is 11.1 Å². The Kier molecular flexibility index (Phi) is 3.84. The third-order valence-corrected chi connectivity index (χ3v) is 3.10. The summed E-state index contributed by atoms with van der Waals surface area (Å²) in [6, 6.07) is 1.46. The molecule has 1 saturated heterocycles. The minimum atomic E-state index is -0.961. The van der Waals surface area contributed by atoms with E-state index in [0.29, 0.717) is 23.7 Å². The average molecular weight is 288 g/mol. The third-order valence-electron chi connectivity index (χ3n) is 2.81. The van der Waals surface area contributed by atoms with Crippen LogP contribution in [0, 0.1) is 0 Å². The largest absolute Gasteiger partial charge is 0.490 e. The molecule has 0 bridgehead atoms. The Labute approximate surface area is 114 Å². The lowest BCUT2D eigenvalue weighted by atomic mass is 10.3. The third kappa shape index (κ3) is 2.93. The van der Waals surface area contributed by atoms with Gasteiger partial charge < -0.3 is 25.2 Å². The molecule has 3 N–H and O–H groups in total. The monoisotopic (exact) mass is 287 g/mol. The predicted octanol–water partition coefficient (Wildman–Crippen LogP) is 1.46. The molecule has 1 aromatic heterocycles. The van der Waals surface area contributed by atoms with Crippen LogP contribution in [0.3, 0.4) is 0 Å². The summed E-state index contributed by atoms with van der Waals surface area (Å²) in [6.45, 7) is 0.713. The van der Waals surface area contributed by atoms with E-state index in [1.165, 1.54) is 18.1 Å². The highest BCUT2D eigenvalue weighted by atomic mass is 35.5. The topological polar surface area (TPSA) is 97.9 Å². The van der Waals surface area contributed by atoms with Gasteiger partial charge in [-0.1, -0.05) is 11.6 Å². The molecule has 0 spiro atoms. The quantitative estimate of drug-likeness (QED) is 0.873. The molecule has 1 aliphatic rings. The number of hydrogen-bond acceptors (Lipinski definition) is 5. The van der Waals surface area contributed by atoms with Crippen LogP contribution in [-0.2, 0) is 0 Å². The Bertz CT molecular complexity index is 497. The second-order valence-electron chi connectivity index (χ2n) is 4.12. The second kappa shape index (κ2) is 5.40. The summed E-state index contributed by atoms with van der Waals surface area (Å²) in [5.41, 5.74) is 5.60. The fourth-order valence-corrected chi connectivity index (χ4v) is 2.19. The Hall–Kier alpha value is -1.89. The van der Waals surface area contributed by atoms with Crippen molar-refractivity contribution in [3.63, 3.8) is 0 Å². The van der Waals surface area contributed by atoms with Crippen LogP contribution in [0.4, 0.5) is 10.6 Å². The van der Waals surface area contributed by atoms with Crippen LogP contribution in [-0.4, -0.2) is 47.4 Å². The molecular weight excluding hydrogens is 274 g/mol. The molecule has 0 saturated carbocycles. The van der Waals surface area contributed by atoms with E-state index < -0.39 is 6.09 Å². The Morgan fingerprint density at radius 1 is 1.68 bits per heavy atom. The van der Waals surface area contributed by atoms with Gasteiger partial charge in [-0.2, -0.15) is 4.98 Å². The predicted molar refractivity (Wildman–Crippen MR) is 68.8 cm³/mol. The van der Waals surface area contributed by atoms with Crippen molar-refractivity contribution in [2.45, 2.75) is 12.5 Å². The van der Waals surface area contributed by atoms with Gasteiger partial charge >= 0.3 is 6.09 Å². The number of hydrogen-bond donors (Lipinski definition) is 2. The molecular formula is C11H14ClN3O4. The standard InChI is InChI=1S/C11H14ClN3O4/c1-18-9-7(12)4-8(13)14-10(9)19-6-2-3-15(5-6)11(16)17/h4,6H,2-3,5H2,1H3,(H2,13,14)(H,16,17). The summed E-state index contributed by atoms with van der Waals surface area (Å²) in [5, 5.41) is 9.18. The number of anilines is 1. The number of carboxylic acid groups (broad SMARTS) is 1. The highest BCUT2D eigenvalue weighted by Gasteiger charge is 2.28. The fourth-order valence-electron chi connectivity index (χ4n) is 1.92. The molecule has 1 atom stereocenters. The van der Waals surface area contributed by atoms with Crippen molar-refractivity contribution >= 4 is 23.5 Å². The van der Waals surface area contributed by atoms with E-state index in [4.69, 9.17) is 31.9 Å². The number of aromatic nitrogens is 1. The van der Waals surface area contributed by atoms with Crippen molar-refractivity contribution in [1.82, 2.24) is 9.88 Å². The lowest BCUT2D eigenvalue weighted by molar-refractivity contribution is 0.143. The van der Waals surface area contributed by atoms with Gasteiger partial charge in [-0.15, -0.1) is 0 Å². The lowest BCUT2D eigenvalue weighted by Crippen LogP contribution is -2.29. The lowest BCUT2D eigenvalue weighted by Gasteiger charge is -2.16. The van der Waals surface area contributed by atoms with E-state index in [1.807, 2.05) is 0 Å². The van der Waals surface area contributed by atoms with Gasteiger partial charge in [0.15, 0.2) is 5.75 Å². The van der Waals surface area contributed by atoms with E-state index in [0.717, 1.165) is 0 Å². The van der Waals surface area contributed by atoms with Crippen molar-refractivity contribution in [3.8, 4) is 11.6 Å². The Morgan fingerprint density at radius 2 is 2.42 bits per heavy atom. The first kappa shape index (κ1) is 13.5. The highest BCUT2D eigenvalue weighted by molar-refractivity contribution is 6.32. The molecule has 104 valence electrons. The van der Waals surface area contributed by atoms with Crippen LogP contribution in [0.1, 0.15) is 6.42 Å². The van der Waals surface area contributed by atoms with Crippen LogP contribution in [0.5, 0.6) is 11.6 Å². The van der Waals surface area contributed by atoms with Gasteiger partial charge in [0, 0.05) is 19.0 Å². The number of nitrogens with zero attached hydrogens (tertiary/aromatic N) is 2. The van der Waals surface area contributed by atoms with E-state index in [-0.39, 0.29) is 24.3 Å². The maximum absolute atomic E-state index is 10.8. The summed E-state index contributed by atoms with van der Waals surface area (Å²) in [7, 11) is 1.45. The van der Waals surface area contributed by atoms with Gasteiger partial charge in [0.2, 0.25) is 0 Å². The minimum Gasteiger partial charge on any atom is -0.490 e. The van der Waals surface area contributed by atoms with Crippen molar-refractivity contribution in [2.24, 2.45) is 0 Å². The van der Waals surface area contributed by atoms with Gasteiger partial charge in [0.25, 0.3) is 5.88 Å². The van der Waals surface area contributed by atoms with Crippen molar-refractivity contribution in [2.75, 3.05) is 25.9 Å². The fraction of sp³-hybridized carbons (Fsp3) is 0.455. The second-order valence-corrected chi connectivity index (χ2v) is 4.53. The first-order valence-corrected chi connectivity index (χ1v) is 6.03. The number of methoxy groups -OCH3 is 1. The number of halogens is 1. The van der Waals surface area contributed by atoms with E-state index in [2.05, 4.69) is 4.98 Å². The average Bonchev–Trinajstić information content (AvgIpc) is 2.77. The summed E-state index contributed by atoms with van der Waals surface area (Å²) >= 11 is 5.97. The smallest absolute Gasteiger partial charge is 0.407 e. The van der Waals surface area contributed by atoms with Crippen LogP contribution >= 0.6 is 11.6 Å². The first-order chi connectivity index (χ1) is 9.01. The van der Waals surface area contributed by atoms with Crippen LogP contribution < -0.4 is 15.2 Å². The molecule has 1 fully saturated rings. The highest BCUT2D eigenvalue weighted by Crippen LogP contribution is 2.35. The van der Waals surface area contributed by atoms with Gasteiger partial charge in [0.1, 0.15) is 11.9 Å². The number of pyridine rings is 1. The Morgan fingerprint density at radius 3 is 3.00 bits per heavy atom. The zero-order valence-electron chi connectivity index (χ0n) is 10.3. The van der Waals surface area contributed by atoms with Crippen molar-refractivity contribution < 1.29 is 19.4 Å². The summed E-state index contributed by atoms with van der Waals surface area (Å²) in [4.78, 5) is 16.1. The van der Waals surface area contributed by atoms with Gasteiger partial charge in [-0.25, -0.2) is 4.79 Å². The van der Waals surface area contributed by atoms with Crippen LogP contribution in [0.2, 0.25) is 5.02 Å². The van der Waals surface area contributed by atoms with E-state index in [1.54, 1.807) is 0 Å². The number of nitrogen functional groups attached to an aromatic ring is 1. The summed E-state index contributed by atoms with van der Waals surface area (Å²) in [6.07, 6.45) is -0.657. The molecule has 1 amide bonds. The molecule has 7 nitrogen and oxygen atoms in total. The van der Waals surface area contributed by atoms with Crippen LogP contribution in [0.15, 0.2) is 6.07 Å². The molecule has 0 radical (unpaired) electrons. The van der Waals surface area contributed by atoms with Crippen molar-refractivity contribution in [1.29, 1.82) is 0 Å². The van der Waals surface area contributed by atoms with Gasteiger partial charge in [-0.05, 0) is 0 Å². The number of amides is 1. The maximum Gasteiger partial charge on any atom is 0.407 e. The minimum absolute atomic E-state index is 0.185. The molecule has 0 aromatic carbocycles. The molecule has 8 heteroatoms. The number of nitrogens with two attached hydrogens (primary N) is 1. The Balaban J connectivity index is 2.13. The zero-order valence-corrected chi connectivity index (χ0v) is 11.1. The number of likely N-dealkylation sites (tertiary alicyclic amines) is 1. The molecule has 2 heterocycles. The molecule has 19 heavy (non-hydrogen) atoms. The first-order valence-electron chi connectivity index (χ1n) is 5.65. The van der Waals surface area contributed by atoms with Gasteiger partial charge in [0.05, 0.1) is 18.7 Å². The van der Waals surface area contributed by atoms with Gasteiger partial charge in [-0.3, -0.25) is 0 Å². The number of rotatable bonds is 3. The van der Waals surface area contributed by atoms with E-state index in [9.17, 15) is 4.79 Å². The number of ether oxygens (including phenoxy) is 2. The number of carbonyl (C=O) groups is 1. The maximum atomic E-state index is 10.8. The molecule has 1 aliphatic heterocycles. The summed E-state index contributed by atoms with van der Waals surface area (Å²) < 4.78 is 10.7. The molecule has 1 aromatic rings. The normalized spacial score (nSPS) is 18.4. The summed E-state index contributed by atoms with van der Waals surface area (Å²) in [5.74, 6) is 0.697.